The summed E-state index contributed by atoms with van der Waals surface area (Å²) in [6.07, 6.45) is 0.0241. The third kappa shape index (κ3) is 2.89. The molecule has 2 fully saturated rings. The first-order valence-electron chi connectivity index (χ1n) is 7.56. The van der Waals surface area contributed by atoms with Crippen LogP contribution < -0.4 is 0 Å². The molecule has 2 amide bonds. The maximum Gasteiger partial charge on any atom is 0.417 e. The number of carbonyl (C=O) groups excluding carboxylic acids is 2. The number of cyclic esters (lactones) is 1. The molecular formula is C15H17FN2O5S. The van der Waals surface area contributed by atoms with E-state index in [1.807, 2.05) is 0 Å². The Morgan fingerprint density at radius 1 is 1.21 bits per heavy atom. The first-order valence-corrected chi connectivity index (χ1v) is 9.00. The van der Waals surface area contributed by atoms with Crippen LogP contribution in [0.25, 0.3) is 0 Å². The van der Waals surface area contributed by atoms with Gasteiger partial charge in [-0.25, -0.2) is 22.5 Å². The Hall–Kier alpha value is -2.00. The highest BCUT2D eigenvalue weighted by Gasteiger charge is 2.40. The highest BCUT2D eigenvalue weighted by Crippen LogP contribution is 2.26. The fraction of sp³-hybridized carbons (Fsp3) is 0.467. The van der Waals surface area contributed by atoms with Gasteiger partial charge in [-0.2, -0.15) is 4.31 Å². The predicted octanol–water partition coefficient (Wildman–Crippen LogP) is 1.27. The summed E-state index contributed by atoms with van der Waals surface area (Å²) in [6, 6.07) is 3.32. The van der Waals surface area contributed by atoms with Gasteiger partial charge in [-0.1, -0.05) is 0 Å². The van der Waals surface area contributed by atoms with Crippen LogP contribution in [0.3, 0.4) is 0 Å². The van der Waals surface area contributed by atoms with Gasteiger partial charge in [0.15, 0.2) is 6.61 Å². The summed E-state index contributed by atoms with van der Waals surface area (Å²) in [4.78, 5) is 24.3. The number of sulfonamides is 1. The molecule has 130 valence electrons. The maximum atomic E-state index is 13.3. The van der Waals surface area contributed by atoms with Crippen molar-refractivity contribution in [1.82, 2.24) is 9.21 Å². The molecule has 3 rings (SSSR count). The van der Waals surface area contributed by atoms with Crippen molar-refractivity contribution in [1.29, 1.82) is 0 Å². The zero-order chi connectivity index (χ0) is 17.5. The molecule has 7 nitrogen and oxygen atoms in total. The lowest BCUT2D eigenvalue weighted by atomic mass is 10.1. The molecule has 0 N–H and O–H groups in total. The molecule has 2 saturated heterocycles. The van der Waals surface area contributed by atoms with Gasteiger partial charge < -0.3 is 4.74 Å². The summed E-state index contributed by atoms with van der Waals surface area (Å²) >= 11 is 0. The number of ether oxygens (including phenoxy) is 1. The van der Waals surface area contributed by atoms with Crippen LogP contribution in [0, 0.1) is 12.7 Å². The second-order valence-electron chi connectivity index (χ2n) is 5.86. The molecule has 0 aromatic heterocycles. The summed E-state index contributed by atoms with van der Waals surface area (Å²) < 4.78 is 44.6. The number of halogens is 1. The van der Waals surface area contributed by atoms with Crippen molar-refractivity contribution in [2.45, 2.75) is 30.7 Å². The predicted molar refractivity (Wildman–Crippen MR) is 81.1 cm³/mol. The Morgan fingerprint density at radius 3 is 2.42 bits per heavy atom. The molecule has 0 spiro atoms. The summed E-state index contributed by atoms with van der Waals surface area (Å²) in [6.45, 7) is 1.61. The van der Waals surface area contributed by atoms with Crippen LogP contribution in [-0.2, 0) is 19.6 Å². The van der Waals surface area contributed by atoms with E-state index in [-0.39, 0.29) is 36.2 Å². The van der Waals surface area contributed by atoms with E-state index in [2.05, 4.69) is 4.74 Å². The molecule has 0 radical (unpaired) electrons. The number of hydrogen-bond acceptors (Lipinski definition) is 5. The first-order chi connectivity index (χ1) is 11.3. The molecule has 2 heterocycles. The van der Waals surface area contributed by atoms with Gasteiger partial charge in [0.05, 0.1) is 4.90 Å². The van der Waals surface area contributed by atoms with E-state index in [9.17, 15) is 22.4 Å². The van der Waals surface area contributed by atoms with Gasteiger partial charge in [-0.05, 0) is 43.5 Å². The summed E-state index contributed by atoms with van der Waals surface area (Å²) in [7, 11) is -3.73. The third-order valence-corrected chi connectivity index (χ3v) is 6.23. The fourth-order valence-corrected chi connectivity index (χ4v) is 4.54. The zero-order valence-electron chi connectivity index (χ0n) is 13.1. The van der Waals surface area contributed by atoms with Crippen LogP contribution in [0.15, 0.2) is 23.1 Å². The Labute approximate surface area is 139 Å². The molecule has 1 aromatic rings. The van der Waals surface area contributed by atoms with Crippen LogP contribution in [0.1, 0.15) is 18.4 Å². The molecule has 0 bridgehead atoms. The third-order valence-electron chi connectivity index (χ3n) is 4.34. The number of imide groups is 1. The Bertz CT molecular complexity index is 771. The number of hydrogen-bond donors (Lipinski definition) is 0. The minimum absolute atomic E-state index is 0.0384. The monoisotopic (exact) mass is 356 g/mol. The molecule has 0 unspecified atom stereocenters. The molecule has 0 atom stereocenters. The molecule has 0 saturated carbocycles. The number of carbonyl (C=O) groups is 2. The zero-order valence-corrected chi connectivity index (χ0v) is 13.9. The minimum Gasteiger partial charge on any atom is -0.439 e. The van der Waals surface area contributed by atoms with Gasteiger partial charge in [0.25, 0.3) is 5.91 Å². The van der Waals surface area contributed by atoms with Crippen LogP contribution in [0.2, 0.25) is 0 Å². The summed E-state index contributed by atoms with van der Waals surface area (Å²) in [5, 5.41) is 0. The van der Waals surface area contributed by atoms with Gasteiger partial charge in [0.2, 0.25) is 10.0 Å². The van der Waals surface area contributed by atoms with Crippen molar-refractivity contribution in [2.75, 3.05) is 19.7 Å². The van der Waals surface area contributed by atoms with Gasteiger partial charge in [-0.3, -0.25) is 4.79 Å². The molecule has 1 aromatic carbocycles. The lowest BCUT2D eigenvalue weighted by Gasteiger charge is -2.34. The highest BCUT2D eigenvalue weighted by molar-refractivity contribution is 7.89. The number of rotatable bonds is 3. The average Bonchev–Trinajstić information content (AvgIpc) is 2.89. The average molecular weight is 356 g/mol. The van der Waals surface area contributed by atoms with Crippen molar-refractivity contribution >= 4 is 22.0 Å². The van der Waals surface area contributed by atoms with E-state index < -0.39 is 27.8 Å². The van der Waals surface area contributed by atoms with E-state index in [1.54, 1.807) is 0 Å². The van der Waals surface area contributed by atoms with E-state index in [4.69, 9.17) is 0 Å². The Kier molecular flexibility index (Phi) is 4.31. The SMILES string of the molecule is Cc1cc(S(=O)(=O)N2CCC(N3C(=O)COC3=O)CC2)ccc1F. The lowest BCUT2D eigenvalue weighted by Crippen LogP contribution is -2.48. The molecule has 2 aliphatic rings. The molecule has 24 heavy (non-hydrogen) atoms. The standard InChI is InChI=1S/C15H17FN2O5S/c1-10-8-12(2-3-13(10)16)24(21,22)17-6-4-11(5-7-17)18-14(19)9-23-15(18)20/h2-3,8,11H,4-7,9H2,1H3. The minimum atomic E-state index is -3.73. The number of piperidine rings is 1. The molecule has 2 aliphatic heterocycles. The van der Waals surface area contributed by atoms with Crippen molar-refractivity contribution in [3.8, 4) is 0 Å². The normalized spacial score (nSPS) is 20.5. The van der Waals surface area contributed by atoms with Crippen LogP contribution >= 0.6 is 0 Å². The first kappa shape index (κ1) is 16.8. The Balaban J connectivity index is 1.72. The van der Waals surface area contributed by atoms with Crippen molar-refractivity contribution in [2.24, 2.45) is 0 Å². The second-order valence-corrected chi connectivity index (χ2v) is 7.80. The van der Waals surface area contributed by atoms with Gasteiger partial charge >= 0.3 is 6.09 Å². The van der Waals surface area contributed by atoms with Crippen molar-refractivity contribution in [3.63, 3.8) is 0 Å². The fourth-order valence-electron chi connectivity index (χ4n) is 2.98. The Morgan fingerprint density at radius 2 is 1.88 bits per heavy atom. The van der Waals surface area contributed by atoms with E-state index >= 15 is 0 Å². The van der Waals surface area contributed by atoms with Crippen molar-refractivity contribution in [3.05, 3.63) is 29.6 Å². The number of benzene rings is 1. The van der Waals surface area contributed by atoms with Gasteiger partial charge in [0, 0.05) is 19.1 Å². The van der Waals surface area contributed by atoms with E-state index in [1.165, 1.54) is 23.4 Å². The summed E-state index contributed by atoms with van der Waals surface area (Å²) in [5.41, 5.74) is 0.261. The van der Waals surface area contributed by atoms with Crippen LogP contribution in [0.4, 0.5) is 9.18 Å². The molecule has 9 heteroatoms. The van der Waals surface area contributed by atoms with Crippen LogP contribution in [-0.4, -0.2) is 55.4 Å². The molecular weight excluding hydrogens is 339 g/mol. The largest absolute Gasteiger partial charge is 0.439 e. The quantitative estimate of drug-likeness (QED) is 0.814. The lowest BCUT2D eigenvalue weighted by molar-refractivity contribution is -0.127. The van der Waals surface area contributed by atoms with Crippen LogP contribution in [0.5, 0.6) is 0 Å². The number of nitrogens with zero attached hydrogens (tertiary/aromatic N) is 2. The molecule has 0 aliphatic carbocycles. The smallest absolute Gasteiger partial charge is 0.417 e. The topological polar surface area (TPSA) is 84.0 Å². The van der Waals surface area contributed by atoms with Crippen molar-refractivity contribution < 1.29 is 27.1 Å². The highest BCUT2D eigenvalue weighted by atomic mass is 32.2. The van der Waals surface area contributed by atoms with E-state index in [0.29, 0.717) is 12.8 Å². The van der Waals surface area contributed by atoms with Gasteiger partial charge in [0.1, 0.15) is 5.82 Å². The van der Waals surface area contributed by atoms with Gasteiger partial charge in [-0.15, -0.1) is 0 Å². The summed E-state index contributed by atoms with van der Waals surface area (Å²) in [5.74, 6) is -0.853. The second kappa shape index (κ2) is 6.14. The number of amides is 2. The van der Waals surface area contributed by atoms with E-state index in [0.717, 1.165) is 11.0 Å². The maximum absolute atomic E-state index is 13.3. The number of aryl methyl sites for hydroxylation is 1.